The zero-order chi connectivity index (χ0) is 25.1. The lowest BCUT2D eigenvalue weighted by molar-refractivity contribution is 0.104. The molecule has 1 aliphatic heterocycles. The van der Waals surface area contributed by atoms with Crippen LogP contribution in [0.2, 0.25) is 0 Å². The molecule has 1 aromatic heterocycles. The van der Waals surface area contributed by atoms with Crippen molar-refractivity contribution in [2.75, 3.05) is 26.2 Å². The van der Waals surface area contributed by atoms with Crippen LogP contribution in [0.3, 0.4) is 0 Å². The SMILES string of the molecule is CC(C)c1ccc2c(C(=O)c3ccc(OCCN4CCCCC4)cc3)c(-c3ccc(O)cc3)sc2c1. The molecule has 0 amide bonds. The van der Waals surface area contributed by atoms with Gasteiger partial charge in [-0.05, 0) is 97.6 Å². The molecule has 4 aromatic rings. The van der Waals surface area contributed by atoms with Gasteiger partial charge in [-0.15, -0.1) is 11.3 Å². The van der Waals surface area contributed by atoms with Crippen LogP contribution in [-0.2, 0) is 0 Å². The van der Waals surface area contributed by atoms with Gasteiger partial charge in [0.05, 0.1) is 0 Å². The lowest BCUT2D eigenvalue weighted by atomic mass is 9.95. The number of rotatable bonds is 8. The monoisotopic (exact) mass is 499 g/mol. The Balaban J connectivity index is 1.41. The molecule has 36 heavy (non-hydrogen) atoms. The molecule has 1 saturated heterocycles. The highest BCUT2D eigenvalue weighted by Crippen LogP contribution is 2.41. The van der Waals surface area contributed by atoms with E-state index in [1.165, 1.54) is 24.8 Å². The van der Waals surface area contributed by atoms with Crippen LogP contribution < -0.4 is 4.74 Å². The van der Waals surface area contributed by atoms with Crippen LogP contribution in [0.15, 0.2) is 66.7 Å². The lowest BCUT2D eigenvalue weighted by Crippen LogP contribution is -2.33. The van der Waals surface area contributed by atoms with Gasteiger partial charge in [-0.25, -0.2) is 0 Å². The second-order valence-electron chi connectivity index (χ2n) is 9.87. The standard InChI is InChI=1S/C31H33NO3S/c1-21(2)24-10-15-27-28(20-24)36-31(23-6-11-25(33)12-7-23)29(27)30(34)22-8-13-26(14-9-22)35-19-18-32-16-4-3-5-17-32/h6-15,20-21,33H,3-5,16-19H2,1-2H3. The van der Waals surface area contributed by atoms with Gasteiger partial charge in [-0.2, -0.15) is 0 Å². The van der Waals surface area contributed by atoms with E-state index in [0.717, 1.165) is 51.5 Å². The van der Waals surface area contributed by atoms with Gasteiger partial charge >= 0.3 is 0 Å². The van der Waals surface area contributed by atoms with Crippen molar-refractivity contribution in [2.24, 2.45) is 0 Å². The minimum absolute atomic E-state index is 0.00138. The Bertz CT molecular complexity index is 1330. The van der Waals surface area contributed by atoms with Gasteiger partial charge in [-0.1, -0.05) is 32.4 Å². The number of hydrogen-bond acceptors (Lipinski definition) is 5. The quantitative estimate of drug-likeness (QED) is 0.255. The second-order valence-corrected chi connectivity index (χ2v) is 10.9. The van der Waals surface area contributed by atoms with Crippen molar-refractivity contribution < 1.29 is 14.6 Å². The molecule has 1 aliphatic rings. The number of piperidine rings is 1. The number of likely N-dealkylation sites (tertiary alicyclic amines) is 1. The molecule has 1 fully saturated rings. The van der Waals surface area contributed by atoms with Crippen LogP contribution in [0.5, 0.6) is 11.5 Å². The molecule has 0 saturated carbocycles. The molecule has 1 N–H and O–H groups in total. The lowest BCUT2D eigenvalue weighted by Gasteiger charge is -2.26. The summed E-state index contributed by atoms with van der Waals surface area (Å²) in [5.41, 5.74) is 3.55. The first-order chi connectivity index (χ1) is 17.5. The Hall–Kier alpha value is -3.15. The second kappa shape index (κ2) is 10.9. The number of carbonyl (C=O) groups is 1. The summed E-state index contributed by atoms with van der Waals surface area (Å²) >= 11 is 1.63. The topological polar surface area (TPSA) is 49.8 Å². The van der Waals surface area contributed by atoms with Crippen molar-refractivity contribution in [2.45, 2.75) is 39.0 Å². The van der Waals surface area contributed by atoms with Crippen LogP contribution in [0.4, 0.5) is 0 Å². The molecule has 0 radical (unpaired) electrons. The number of aromatic hydroxyl groups is 1. The number of phenols is 1. The molecule has 0 atom stereocenters. The molecule has 5 rings (SSSR count). The van der Waals surface area contributed by atoms with Crippen molar-refractivity contribution in [1.82, 2.24) is 4.90 Å². The number of hydrogen-bond donors (Lipinski definition) is 1. The molecule has 0 aliphatic carbocycles. The third-order valence-corrected chi connectivity index (χ3v) is 8.18. The first kappa shape index (κ1) is 24.5. The maximum atomic E-state index is 13.8. The van der Waals surface area contributed by atoms with Crippen molar-refractivity contribution in [3.8, 4) is 21.9 Å². The maximum absolute atomic E-state index is 13.8. The summed E-state index contributed by atoms with van der Waals surface area (Å²) in [5.74, 6) is 1.42. The normalized spacial score (nSPS) is 14.4. The van der Waals surface area contributed by atoms with E-state index in [1.807, 2.05) is 36.4 Å². The Labute approximate surface area is 217 Å². The van der Waals surface area contributed by atoms with Crippen LogP contribution in [0.1, 0.15) is 60.5 Å². The van der Waals surface area contributed by atoms with E-state index in [9.17, 15) is 9.90 Å². The summed E-state index contributed by atoms with van der Waals surface area (Å²) in [7, 11) is 0. The average Bonchev–Trinajstić information content (AvgIpc) is 3.28. The van der Waals surface area contributed by atoms with E-state index in [1.54, 1.807) is 23.5 Å². The van der Waals surface area contributed by atoms with E-state index in [4.69, 9.17) is 4.74 Å². The van der Waals surface area contributed by atoms with Crippen LogP contribution >= 0.6 is 11.3 Å². The highest BCUT2D eigenvalue weighted by atomic mass is 32.1. The predicted molar refractivity (Wildman–Crippen MR) is 149 cm³/mol. The zero-order valence-electron chi connectivity index (χ0n) is 21.0. The first-order valence-electron chi connectivity index (χ1n) is 12.9. The number of thiophene rings is 1. The Kier molecular flexibility index (Phi) is 7.40. The number of nitrogens with zero attached hydrogens (tertiary/aromatic N) is 1. The average molecular weight is 500 g/mol. The number of benzene rings is 3. The number of phenolic OH excluding ortho intramolecular Hbond substituents is 1. The van der Waals surface area contributed by atoms with Gasteiger partial charge in [0.1, 0.15) is 18.1 Å². The molecule has 0 spiro atoms. The van der Waals surface area contributed by atoms with Gasteiger partial charge in [0.15, 0.2) is 5.78 Å². The van der Waals surface area contributed by atoms with Crippen molar-refractivity contribution in [3.05, 3.63) is 83.4 Å². The Morgan fingerprint density at radius 2 is 1.69 bits per heavy atom. The largest absolute Gasteiger partial charge is 0.508 e. The summed E-state index contributed by atoms with van der Waals surface area (Å²) in [6.07, 6.45) is 3.89. The van der Waals surface area contributed by atoms with Crippen LogP contribution in [0.25, 0.3) is 20.5 Å². The van der Waals surface area contributed by atoms with Crippen LogP contribution in [0, 0.1) is 0 Å². The highest BCUT2D eigenvalue weighted by Gasteiger charge is 2.22. The fourth-order valence-corrected chi connectivity index (χ4v) is 6.09. The zero-order valence-corrected chi connectivity index (χ0v) is 21.8. The van der Waals surface area contributed by atoms with E-state index in [0.29, 0.717) is 18.1 Å². The van der Waals surface area contributed by atoms with Crippen LogP contribution in [-0.4, -0.2) is 42.0 Å². The third kappa shape index (κ3) is 5.32. The molecule has 4 nitrogen and oxygen atoms in total. The molecule has 2 heterocycles. The van der Waals surface area contributed by atoms with E-state index >= 15 is 0 Å². The fraction of sp³-hybridized carbons (Fsp3) is 0.323. The molecule has 186 valence electrons. The summed E-state index contributed by atoms with van der Waals surface area (Å²) < 4.78 is 7.07. The van der Waals surface area contributed by atoms with E-state index < -0.39 is 0 Å². The molecular formula is C31H33NO3S. The summed E-state index contributed by atoms with van der Waals surface area (Å²) in [4.78, 5) is 17.2. The molecule has 0 bridgehead atoms. The fourth-order valence-electron chi connectivity index (χ4n) is 4.84. The molecule has 5 heteroatoms. The van der Waals surface area contributed by atoms with Gasteiger partial charge < -0.3 is 9.84 Å². The van der Waals surface area contributed by atoms with Crippen molar-refractivity contribution >= 4 is 27.2 Å². The minimum Gasteiger partial charge on any atom is -0.508 e. The predicted octanol–water partition coefficient (Wildman–Crippen LogP) is 7.49. The van der Waals surface area contributed by atoms with Gasteiger partial charge in [0.25, 0.3) is 0 Å². The van der Waals surface area contributed by atoms with Gasteiger partial charge in [0.2, 0.25) is 0 Å². The molecular weight excluding hydrogens is 466 g/mol. The Morgan fingerprint density at radius 1 is 0.972 bits per heavy atom. The van der Waals surface area contributed by atoms with Crippen molar-refractivity contribution in [1.29, 1.82) is 0 Å². The summed E-state index contributed by atoms with van der Waals surface area (Å²) in [6, 6.07) is 21.0. The maximum Gasteiger partial charge on any atom is 0.195 e. The number of ether oxygens (including phenoxy) is 1. The smallest absolute Gasteiger partial charge is 0.195 e. The highest BCUT2D eigenvalue weighted by molar-refractivity contribution is 7.22. The van der Waals surface area contributed by atoms with E-state index in [2.05, 4.69) is 36.9 Å². The molecule has 0 unspecified atom stereocenters. The summed E-state index contributed by atoms with van der Waals surface area (Å²) in [5, 5.41) is 10.8. The first-order valence-corrected chi connectivity index (χ1v) is 13.7. The van der Waals surface area contributed by atoms with E-state index in [-0.39, 0.29) is 11.5 Å². The summed E-state index contributed by atoms with van der Waals surface area (Å²) in [6.45, 7) is 8.28. The molecule has 3 aromatic carbocycles. The van der Waals surface area contributed by atoms with Crippen molar-refractivity contribution in [3.63, 3.8) is 0 Å². The number of carbonyl (C=O) groups excluding carboxylic acids is 1. The Morgan fingerprint density at radius 3 is 2.39 bits per heavy atom. The minimum atomic E-state index is 0.00138. The number of fused-ring (bicyclic) bond motifs is 1. The number of ketones is 1. The van der Waals surface area contributed by atoms with Gasteiger partial charge in [0, 0.05) is 32.6 Å². The van der Waals surface area contributed by atoms with Gasteiger partial charge in [-0.3, -0.25) is 9.69 Å². The third-order valence-electron chi connectivity index (χ3n) is 6.98.